The number of hydrogen-bond acceptors (Lipinski definition) is 4. The van der Waals surface area contributed by atoms with Crippen molar-refractivity contribution >= 4 is 11.9 Å². The molecule has 1 amide bonds. The van der Waals surface area contributed by atoms with Crippen LogP contribution in [0.4, 0.5) is 0 Å². The number of amides is 1. The topological polar surface area (TPSA) is 84.9 Å². The zero-order valence-corrected chi connectivity index (χ0v) is 11.6. The lowest BCUT2D eigenvalue weighted by Crippen LogP contribution is -2.26. The Bertz CT molecular complexity index is 473. The number of carboxylic acids is 1. The molecular formula is C14H19NO5. The molecule has 0 saturated carbocycles. The summed E-state index contributed by atoms with van der Waals surface area (Å²) in [5.41, 5.74) is 1.03. The zero-order valence-electron chi connectivity index (χ0n) is 11.6. The summed E-state index contributed by atoms with van der Waals surface area (Å²) in [6.45, 7) is 0.855. The molecule has 110 valence electrons. The Morgan fingerprint density at radius 2 is 2.05 bits per heavy atom. The normalized spacial score (nSPS) is 10.1. The summed E-state index contributed by atoms with van der Waals surface area (Å²) in [7, 11) is 3.03. The van der Waals surface area contributed by atoms with Crippen LogP contribution in [0.2, 0.25) is 0 Å². The van der Waals surface area contributed by atoms with Gasteiger partial charge in [0.05, 0.1) is 19.3 Å². The molecule has 0 atom stereocenters. The van der Waals surface area contributed by atoms with Crippen LogP contribution < -0.4 is 10.1 Å². The average Bonchev–Trinajstić information content (AvgIpc) is 2.45. The van der Waals surface area contributed by atoms with Gasteiger partial charge in [-0.15, -0.1) is 0 Å². The number of methoxy groups -OCH3 is 2. The van der Waals surface area contributed by atoms with Crippen LogP contribution in [-0.4, -0.2) is 44.4 Å². The highest BCUT2D eigenvalue weighted by atomic mass is 16.5. The number of hydrogen-bond donors (Lipinski definition) is 2. The van der Waals surface area contributed by atoms with Gasteiger partial charge >= 0.3 is 5.97 Å². The molecule has 0 fully saturated rings. The summed E-state index contributed by atoms with van der Waals surface area (Å²) >= 11 is 0. The van der Waals surface area contributed by atoms with Crippen LogP contribution in [0, 0.1) is 0 Å². The molecule has 0 aliphatic carbocycles. The Labute approximate surface area is 117 Å². The van der Waals surface area contributed by atoms with Crippen LogP contribution >= 0.6 is 0 Å². The van der Waals surface area contributed by atoms with Crippen LogP contribution in [0.25, 0.3) is 0 Å². The number of carboxylic acid groups (broad SMARTS) is 1. The SMILES string of the molecule is COCCC(=O)NCCc1ccc(C(=O)O)cc1OC. The molecule has 6 nitrogen and oxygen atoms in total. The van der Waals surface area contributed by atoms with Crippen molar-refractivity contribution in [3.8, 4) is 5.75 Å². The predicted molar refractivity (Wildman–Crippen MR) is 73.2 cm³/mol. The molecule has 1 aromatic rings. The fraction of sp³-hybridized carbons (Fsp3) is 0.429. The van der Waals surface area contributed by atoms with Crippen LogP contribution in [0.3, 0.4) is 0 Å². The number of carbonyl (C=O) groups excluding carboxylic acids is 1. The van der Waals surface area contributed by atoms with Gasteiger partial charge in [0, 0.05) is 20.1 Å². The lowest BCUT2D eigenvalue weighted by Gasteiger charge is -2.10. The Kier molecular flexibility index (Phi) is 6.52. The summed E-state index contributed by atoms with van der Waals surface area (Å²) in [4.78, 5) is 22.2. The number of aromatic carboxylic acids is 1. The molecule has 20 heavy (non-hydrogen) atoms. The molecule has 0 bridgehead atoms. The molecular weight excluding hydrogens is 262 g/mol. The number of carbonyl (C=O) groups is 2. The van der Waals surface area contributed by atoms with Gasteiger partial charge in [0.2, 0.25) is 5.91 Å². The van der Waals surface area contributed by atoms with E-state index < -0.39 is 5.97 Å². The molecule has 1 rings (SSSR count). The molecule has 2 N–H and O–H groups in total. The van der Waals surface area contributed by atoms with Crippen molar-refractivity contribution in [2.24, 2.45) is 0 Å². The van der Waals surface area contributed by atoms with Gasteiger partial charge in [0.1, 0.15) is 5.75 Å². The fourth-order valence-corrected chi connectivity index (χ4v) is 1.70. The first kappa shape index (κ1) is 16.0. The summed E-state index contributed by atoms with van der Waals surface area (Å²) in [6.07, 6.45) is 0.896. The molecule has 0 aliphatic rings. The fourth-order valence-electron chi connectivity index (χ4n) is 1.70. The van der Waals surface area contributed by atoms with Gasteiger partial charge in [0.25, 0.3) is 0 Å². The zero-order chi connectivity index (χ0) is 15.0. The second kappa shape index (κ2) is 8.16. The summed E-state index contributed by atoms with van der Waals surface area (Å²) in [5, 5.41) is 11.7. The van der Waals surface area contributed by atoms with E-state index in [4.69, 9.17) is 14.6 Å². The van der Waals surface area contributed by atoms with E-state index >= 15 is 0 Å². The maximum atomic E-state index is 11.4. The minimum absolute atomic E-state index is 0.0760. The summed E-state index contributed by atoms with van der Waals surface area (Å²) < 4.78 is 9.98. The molecule has 0 heterocycles. The van der Waals surface area contributed by atoms with Crippen molar-refractivity contribution < 1.29 is 24.2 Å². The monoisotopic (exact) mass is 281 g/mol. The van der Waals surface area contributed by atoms with Crippen molar-refractivity contribution in [3.05, 3.63) is 29.3 Å². The van der Waals surface area contributed by atoms with E-state index in [2.05, 4.69) is 5.32 Å². The highest BCUT2D eigenvalue weighted by molar-refractivity contribution is 5.88. The van der Waals surface area contributed by atoms with E-state index in [9.17, 15) is 9.59 Å². The van der Waals surface area contributed by atoms with E-state index in [1.165, 1.54) is 19.2 Å². The first-order chi connectivity index (χ1) is 9.58. The van der Waals surface area contributed by atoms with Crippen molar-refractivity contribution in [1.82, 2.24) is 5.32 Å². The highest BCUT2D eigenvalue weighted by Crippen LogP contribution is 2.20. The predicted octanol–water partition coefficient (Wildman–Crippen LogP) is 1.09. The van der Waals surface area contributed by atoms with Crippen LogP contribution in [0.1, 0.15) is 22.3 Å². The minimum atomic E-state index is -0.997. The molecule has 1 aromatic carbocycles. The molecule has 0 spiro atoms. The molecule has 0 unspecified atom stereocenters. The third kappa shape index (κ3) is 4.89. The largest absolute Gasteiger partial charge is 0.496 e. The van der Waals surface area contributed by atoms with Gasteiger partial charge < -0.3 is 19.9 Å². The Morgan fingerprint density at radius 1 is 1.30 bits per heavy atom. The number of benzene rings is 1. The first-order valence-corrected chi connectivity index (χ1v) is 6.24. The molecule has 0 aromatic heterocycles. The van der Waals surface area contributed by atoms with Crippen molar-refractivity contribution in [1.29, 1.82) is 0 Å². The first-order valence-electron chi connectivity index (χ1n) is 6.24. The minimum Gasteiger partial charge on any atom is -0.496 e. The van der Waals surface area contributed by atoms with Crippen molar-refractivity contribution in [2.45, 2.75) is 12.8 Å². The second-order valence-corrected chi connectivity index (χ2v) is 4.17. The standard InChI is InChI=1S/C14H19NO5/c1-19-8-6-13(16)15-7-5-10-3-4-11(14(17)18)9-12(10)20-2/h3-4,9H,5-8H2,1-2H3,(H,15,16)(H,17,18). The number of rotatable bonds is 8. The molecule has 0 saturated heterocycles. The smallest absolute Gasteiger partial charge is 0.335 e. The van der Waals surface area contributed by atoms with Gasteiger partial charge in [-0.2, -0.15) is 0 Å². The van der Waals surface area contributed by atoms with Gasteiger partial charge in [-0.1, -0.05) is 6.07 Å². The summed E-state index contributed by atoms with van der Waals surface area (Å²) in [5.74, 6) is -0.563. The maximum Gasteiger partial charge on any atom is 0.335 e. The van der Waals surface area contributed by atoms with Crippen LogP contribution in [0.5, 0.6) is 5.75 Å². The lowest BCUT2D eigenvalue weighted by molar-refractivity contribution is -0.121. The Hall–Kier alpha value is -2.08. The quantitative estimate of drug-likeness (QED) is 0.745. The van der Waals surface area contributed by atoms with Gasteiger partial charge in [-0.05, 0) is 24.1 Å². The molecule has 0 aliphatic heterocycles. The van der Waals surface area contributed by atoms with Crippen LogP contribution in [-0.2, 0) is 16.0 Å². The van der Waals surface area contributed by atoms with Gasteiger partial charge in [-0.3, -0.25) is 4.79 Å². The van der Waals surface area contributed by atoms with E-state index in [0.29, 0.717) is 31.7 Å². The van der Waals surface area contributed by atoms with E-state index in [-0.39, 0.29) is 11.5 Å². The average molecular weight is 281 g/mol. The van der Waals surface area contributed by atoms with E-state index in [1.807, 2.05) is 0 Å². The highest BCUT2D eigenvalue weighted by Gasteiger charge is 2.09. The van der Waals surface area contributed by atoms with E-state index in [0.717, 1.165) is 5.56 Å². The molecule has 0 radical (unpaired) electrons. The van der Waals surface area contributed by atoms with Crippen LogP contribution in [0.15, 0.2) is 18.2 Å². The maximum absolute atomic E-state index is 11.4. The lowest BCUT2D eigenvalue weighted by atomic mass is 10.1. The Balaban J connectivity index is 2.55. The Morgan fingerprint density at radius 3 is 2.65 bits per heavy atom. The van der Waals surface area contributed by atoms with Crippen molar-refractivity contribution in [2.75, 3.05) is 27.4 Å². The second-order valence-electron chi connectivity index (χ2n) is 4.17. The molecule has 6 heteroatoms. The number of ether oxygens (including phenoxy) is 2. The van der Waals surface area contributed by atoms with Crippen molar-refractivity contribution in [3.63, 3.8) is 0 Å². The van der Waals surface area contributed by atoms with Gasteiger partial charge in [-0.25, -0.2) is 4.79 Å². The summed E-state index contributed by atoms with van der Waals surface area (Å²) in [6, 6.07) is 4.70. The third-order valence-electron chi connectivity index (χ3n) is 2.78. The number of nitrogens with one attached hydrogen (secondary N) is 1. The van der Waals surface area contributed by atoms with Gasteiger partial charge in [0.15, 0.2) is 0 Å². The third-order valence-corrected chi connectivity index (χ3v) is 2.78. The van der Waals surface area contributed by atoms with E-state index in [1.54, 1.807) is 13.2 Å².